The molecule has 23 heavy (non-hydrogen) atoms. The second kappa shape index (κ2) is 5.68. The molecule has 0 atom stereocenters. The number of fused-ring (bicyclic) bond motifs is 1. The Hall–Kier alpha value is -2.95. The molecule has 0 aliphatic heterocycles. The van der Waals surface area contributed by atoms with Gasteiger partial charge in [0.15, 0.2) is 0 Å². The number of hydrogen-bond donors (Lipinski definition) is 1. The Morgan fingerprint density at radius 2 is 1.91 bits per heavy atom. The van der Waals surface area contributed by atoms with E-state index in [0.29, 0.717) is 22.2 Å². The van der Waals surface area contributed by atoms with Gasteiger partial charge in [-0.25, -0.2) is 4.39 Å². The largest absolute Gasteiger partial charge is 0.322 e. The first kappa shape index (κ1) is 15.0. The van der Waals surface area contributed by atoms with E-state index in [1.807, 2.05) is 25.1 Å². The number of rotatable bonds is 2. The van der Waals surface area contributed by atoms with E-state index < -0.39 is 5.82 Å². The maximum absolute atomic E-state index is 13.5. The molecular weight excluding hydrogens is 295 g/mol. The minimum atomic E-state index is -0.455. The van der Waals surface area contributed by atoms with Crippen molar-refractivity contribution in [3.8, 4) is 0 Å². The van der Waals surface area contributed by atoms with Gasteiger partial charge in [0, 0.05) is 24.2 Å². The SMILES string of the molecule is CC(=O)n1cc(C(=O)Nc2cccc(C)c2)c2ccc(F)cc21. The molecule has 0 radical (unpaired) electrons. The van der Waals surface area contributed by atoms with Crippen LogP contribution in [-0.4, -0.2) is 16.4 Å². The van der Waals surface area contributed by atoms with Crippen molar-refractivity contribution in [2.45, 2.75) is 13.8 Å². The van der Waals surface area contributed by atoms with Crippen LogP contribution in [0.1, 0.15) is 27.6 Å². The number of anilines is 1. The number of nitrogens with zero attached hydrogens (tertiary/aromatic N) is 1. The van der Waals surface area contributed by atoms with E-state index in [4.69, 9.17) is 0 Å². The Morgan fingerprint density at radius 3 is 2.61 bits per heavy atom. The summed E-state index contributed by atoms with van der Waals surface area (Å²) >= 11 is 0. The number of benzene rings is 2. The molecule has 5 heteroatoms. The Bertz CT molecular complexity index is 928. The summed E-state index contributed by atoms with van der Waals surface area (Å²) in [4.78, 5) is 24.2. The molecule has 0 spiro atoms. The molecule has 0 aliphatic rings. The number of halogens is 1. The number of hydrogen-bond acceptors (Lipinski definition) is 2. The van der Waals surface area contributed by atoms with Crippen LogP contribution in [-0.2, 0) is 0 Å². The molecule has 3 aromatic rings. The van der Waals surface area contributed by atoms with Gasteiger partial charge in [0.25, 0.3) is 5.91 Å². The summed E-state index contributed by atoms with van der Waals surface area (Å²) in [6, 6.07) is 11.4. The smallest absolute Gasteiger partial charge is 0.257 e. The lowest BCUT2D eigenvalue weighted by Crippen LogP contribution is -2.12. The molecular formula is C18H15FN2O2. The van der Waals surface area contributed by atoms with Gasteiger partial charge in [0.1, 0.15) is 5.82 Å². The summed E-state index contributed by atoms with van der Waals surface area (Å²) in [5, 5.41) is 3.33. The van der Waals surface area contributed by atoms with E-state index in [2.05, 4.69) is 5.32 Å². The first-order valence-electron chi connectivity index (χ1n) is 7.15. The fraction of sp³-hybridized carbons (Fsp3) is 0.111. The molecule has 0 saturated heterocycles. The van der Waals surface area contributed by atoms with Gasteiger partial charge >= 0.3 is 0 Å². The Morgan fingerprint density at radius 1 is 1.13 bits per heavy atom. The van der Waals surface area contributed by atoms with E-state index in [1.165, 1.54) is 35.9 Å². The van der Waals surface area contributed by atoms with Crippen molar-refractivity contribution in [2.75, 3.05) is 5.32 Å². The fourth-order valence-electron chi connectivity index (χ4n) is 2.56. The minimum absolute atomic E-state index is 0.282. The van der Waals surface area contributed by atoms with Gasteiger partial charge in [-0.05, 0) is 42.8 Å². The highest BCUT2D eigenvalue weighted by molar-refractivity contribution is 6.14. The van der Waals surface area contributed by atoms with Gasteiger partial charge in [-0.1, -0.05) is 12.1 Å². The molecule has 0 bridgehead atoms. The number of carbonyl (C=O) groups excluding carboxylic acids is 2. The van der Waals surface area contributed by atoms with Crippen LogP contribution in [0.25, 0.3) is 10.9 Å². The normalized spacial score (nSPS) is 10.7. The number of amides is 1. The van der Waals surface area contributed by atoms with Crippen LogP contribution in [0, 0.1) is 12.7 Å². The van der Waals surface area contributed by atoms with E-state index in [9.17, 15) is 14.0 Å². The summed E-state index contributed by atoms with van der Waals surface area (Å²) in [6.45, 7) is 3.30. The van der Waals surface area contributed by atoms with E-state index in [1.54, 1.807) is 6.07 Å². The predicted molar refractivity (Wildman–Crippen MR) is 87.3 cm³/mol. The molecule has 4 nitrogen and oxygen atoms in total. The summed E-state index contributed by atoms with van der Waals surface area (Å²) in [7, 11) is 0. The number of aromatic nitrogens is 1. The minimum Gasteiger partial charge on any atom is -0.322 e. The average molecular weight is 310 g/mol. The predicted octanol–water partition coefficient (Wildman–Crippen LogP) is 4.00. The molecule has 116 valence electrons. The van der Waals surface area contributed by atoms with Gasteiger partial charge in [0.2, 0.25) is 5.91 Å². The van der Waals surface area contributed by atoms with Gasteiger partial charge in [0.05, 0.1) is 11.1 Å². The topological polar surface area (TPSA) is 51.1 Å². The molecule has 0 unspecified atom stereocenters. The van der Waals surface area contributed by atoms with Crippen molar-refractivity contribution in [3.05, 3.63) is 65.6 Å². The zero-order valence-electron chi connectivity index (χ0n) is 12.8. The van der Waals surface area contributed by atoms with Gasteiger partial charge < -0.3 is 5.32 Å². The van der Waals surface area contributed by atoms with Gasteiger partial charge in [-0.15, -0.1) is 0 Å². The lowest BCUT2D eigenvalue weighted by molar-refractivity contribution is 0.0941. The van der Waals surface area contributed by atoms with Crippen molar-refractivity contribution in [1.29, 1.82) is 0 Å². The highest BCUT2D eigenvalue weighted by Gasteiger charge is 2.17. The highest BCUT2D eigenvalue weighted by Crippen LogP contribution is 2.24. The van der Waals surface area contributed by atoms with E-state index >= 15 is 0 Å². The molecule has 0 aliphatic carbocycles. The lowest BCUT2D eigenvalue weighted by atomic mass is 10.1. The Balaban J connectivity index is 2.05. The molecule has 1 amide bonds. The summed E-state index contributed by atoms with van der Waals surface area (Å²) in [5.74, 6) is -1.08. The molecule has 2 aromatic carbocycles. The molecule has 0 fully saturated rings. The second-order valence-corrected chi connectivity index (χ2v) is 5.42. The van der Waals surface area contributed by atoms with Crippen LogP contribution < -0.4 is 5.32 Å². The van der Waals surface area contributed by atoms with Crippen molar-refractivity contribution in [1.82, 2.24) is 4.57 Å². The maximum atomic E-state index is 13.5. The monoisotopic (exact) mass is 310 g/mol. The highest BCUT2D eigenvalue weighted by atomic mass is 19.1. The average Bonchev–Trinajstić information content (AvgIpc) is 2.86. The van der Waals surface area contributed by atoms with Crippen LogP contribution in [0.4, 0.5) is 10.1 Å². The zero-order chi connectivity index (χ0) is 16.6. The van der Waals surface area contributed by atoms with Crippen LogP contribution in [0.15, 0.2) is 48.7 Å². The summed E-state index contributed by atoms with van der Waals surface area (Å²) in [6.07, 6.45) is 1.44. The number of aryl methyl sites for hydroxylation is 1. The third-order valence-electron chi connectivity index (χ3n) is 3.63. The molecule has 1 N–H and O–H groups in total. The van der Waals surface area contributed by atoms with Gasteiger partial charge in [-0.2, -0.15) is 0 Å². The van der Waals surface area contributed by atoms with Crippen LogP contribution >= 0.6 is 0 Å². The van der Waals surface area contributed by atoms with E-state index in [0.717, 1.165) is 5.56 Å². The lowest BCUT2D eigenvalue weighted by Gasteiger charge is -2.05. The summed E-state index contributed by atoms with van der Waals surface area (Å²) in [5.41, 5.74) is 2.40. The van der Waals surface area contributed by atoms with Crippen molar-refractivity contribution < 1.29 is 14.0 Å². The molecule has 1 heterocycles. The molecule has 3 rings (SSSR count). The van der Waals surface area contributed by atoms with Crippen molar-refractivity contribution in [2.24, 2.45) is 0 Å². The number of nitrogens with one attached hydrogen (secondary N) is 1. The van der Waals surface area contributed by atoms with Crippen molar-refractivity contribution >= 4 is 28.4 Å². The summed E-state index contributed by atoms with van der Waals surface area (Å²) < 4.78 is 14.7. The maximum Gasteiger partial charge on any atom is 0.257 e. The van der Waals surface area contributed by atoms with Crippen LogP contribution in [0.3, 0.4) is 0 Å². The first-order valence-corrected chi connectivity index (χ1v) is 7.15. The molecule has 0 saturated carbocycles. The van der Waals surface area contributed by atoms with Gasteiger partial charge in [-0.3, -0.25) is 14.2 Å². The van der Waals surface area contributed by atoms with E-state index in [-0.39, 0.29) is 11.8 Å². The fourth-order valence-corrected chi connectivity index (χ4v) is 2.56. The van der Waals surface area contributed by atoms with Crippen LogP contribution in [0.5, 0.6) is 0 Å². The van der Waals surface area contributed by atoms with Crippen molar-refractivity contribution in [3.63, 3.8) is 0 Å². The Kier molecular flexibility index (Phi) is 3.70. The number of carbonyl (C=O) groups is 2. The zero-order valence-corrected chi connectivity index (χ0v) is 12.8. The van der Waals surface area contributed by atoms with Crippen LogP contribution in [0.2, 0.25) is 0 Å². The molecule has 1 aromatic heterocycles. The quantitative estimate of drug-likeness (QED) is 0.778. The standard InChI is InChI=1S/C18H15FN2O2/c1-11-4-3-5-14(8-11)20-18(23)16-10-21(12(2)22)17-9-13(19)6-7-15(16)17/h3-10H,1-2H3,(H,20,23). The third kappa shape index (κ3) is 2.85. The second-order valence-electron chi connectivity index (χ2n) is 5.42. The third-order valence-corrected chi connectivity index (χ3v) is 3.63. The Labute approximate surface area is 132 Å². The first-order chi connectivity index (χ1) is 11.0.